The summed E-state index contributed by atoms with van der Waals surface area (Å²) >= 11 is 0. The van der Waals surface area contributed by atoms with Gasteiger partial charge in [0.25, 0.3) is 0 Å². The van der Waals surface area contributed by atoms with Gasteiger partial charge in [-0.15, -0.1) is 0 Å². The average Bonchev–Trinajstić information content (AvgIpc) is 2.82. The quantitative estimate of drug-likeness (QED) is 0.859. The van der Waals surface area contributed by atoms with Gasteiger partial charge in [-0.05, 0) is 13.0 Å². The lowest BCUT2D eigenvalue weighted by molar-refractivity contribution is 0.326. The first-order chi connectivity index (χ1) is 8.26. The second-order valence-electron chi connectivity index (χ2n) is 3.16. The molecule has 6 nitrogen and oxygen atoms in total. The lowest BCUT2D eigenvalue weighted by Crippen LogP contribution is -2.02. The number of nitriles is 1. The normalized spacial score (nSPS) is 9.88. The summed E-state index contributed by atoms with van der Waals surface area (Å²) in [4.78, 5) is 8.12. The number of nitrogens with zero attached hydrogens (tertiary/aromatic N) is 3. The minimum absolute atomic E-state index is 0.197. The molecule has 0 aliphatic rings. The van der Waals surface area contributed by atoms with E-state index < -0.39 is 0 Å². The Labute approximate surface area is 97.7 Å². The second kappa shape index (κ2) is 4.53. The molecule has 2 rings (SSSR count). The van der Waals surface area contributed by atoms with Crippen molar-refractivity contribution in [1.29, 1.82) is 5.26 Å². The van der Waals surface area contributed by atoms with Crippen LogP contribution < -0.4 is 10.5 Å². The van der Waals surface area contributed by atoms with Crippen LogP contribution >= 0.6 is 0 Å². The molecular formula is C11H10N4O2. The third kappa shape index (κ3) is 2.03. The molecule has 0 amide bonds. The van der Waals surface area contributed by atoms with Gasteiger partial charge in [-0.1, -0.05) is 0 Å². The zero-order valence-corrected chi connectivity index (χ0v) is 9.17. The summed E-state index contributed by atoms with van der Waals surface area (Å²) in [6.07, 6.45) is 2.94. The van der Waals surface area contributed by atoms with Crippen molar-refractivity contribution in [2.24, 2.45) is 0 Å². The molecule has 86 valence electrons. The fraction of sp³-hybridized carbons (Fsp3) is 0.182. The van der Waals surface area contributed by atoms with Gasteiger partial charge in [-0.25, -0.2) is 9.97 Å². The fourth-order valence-corrected chi connectivity index (χ4v) is 1.35. The Morgan fingerprint density at radius 1 is 1.59 bits per heavy atom. The minimum atomic E-state index is 0.197. The van der Waals surface area contributed by atoms with Crippen molar-refractivity contribution < 1.29 is 9.15 Å². The van der Waals surface area contributed by atoms with Gasteiger partial charge in [0.15, 0.2) is 0 Å². The van der Waals surface area contributed by atoms with Crippen LogP contribution in [-0.2, 0) is 0 Å². The maximum Gasteiger partial charge on any atom is 0.245 e. The van der Waals surface area contributed by atoms with Gasteiger partial charge in [0.1, 0.15) is 23.6 Å². The molecule has 2 aromatic rings. The van der Waals surface area contributed by atoms with E-state index in [1.807, 2.05) is 6.07 Å². The summed E-state index contributed by atoms with van der Waals surface area (Å²) in [5.74, 6) is 0.533. The molecule has 2 aromatic heterocycles. The van der Waals surface area contributed by atoms with Crippen molar-refractivity contribution in [2.75, 3.05) is 12.3 Å². The van der Waals surface area contributed by atoms with Crippen LogP contribution in [0.1, 0.15) is 12.5 Å². The van der Waals surface area contributed by atoms with Crippen LogP contribution in [0.15, 0.2) is 22.9 Å². The van der Waals surface area contributed by atoms with Crippen LogP contribution in [-0.4, -0.2) is 16.6 Å². The summed E-state index contributed by atoms with van der Waals surface area (Å²) < 4.78 is 10.4. The summed E-state index contributed by atoms with van der Waals surface area (Å²) in [6.45, 7) is 2.20. The van der Waals surface area contributed by atoms with E-state index >= 15 is 0 Å². The van der Waals surface area contributed by atoms with E-state index in [-0.39, 0.29) is 11.4 Å². The summed E-state index contributed by atoms with van der Waals surface area (Å²) in [5.41, 5.74) is 6.71. The van der Waals surface area contributed by atoms with Gasteiger partial charge in [0.05, 0.1) is 18.5 Å². The van der Waals surface area contributed by atoms with Crippen molar-refractivity contribution >= 4 is 5.69 Å². The van der Waals surface area contributed by atoms with E-state index in [1.165, 1.54) is 18.5 Å². The van der Waals surface area contributed by atoms with Gasteiger partial charge in [-0.2, -0.15) is 5.26 Å². The first-order valence-corrected chi connectivity index (χ1v) is 4.99. The number of rotatable bonds is 3. The molecule has 17 heavy (non-hydrogen) atoms. The van der Waals surface area contributed by atoms with Crippen molar-refractivity contribution in [3.63, 3.8) is 0 Å². The van der Waals surface area contributed by atoms with E-state index in [4.69, 9.17) is 20.1 Å². The van der Waals surface area contributed by atoms with Crippen molar-refractivity contribution in [2.45, 2.75) is 6.92 Å². The number of pyridine rings is 1. The van der Waals surface area contributed by atoms with Crippen LogP contribution in [0, 0.1) is 11.3 Å². The van der Waals surface area contributed by atoms with Gasteiger partial charge in [0, 0.05) is 0 Å². The topological polar surface area (TPSA) is 98.0 Å². The van der Waals surface area contributed by atoms with Crippen LogP contribution in [0.25, 0.3) is 11.6 Å². The molecule has 0 radical (unpaired) electrons. The van der Waals surface area contributed by atoms with Crippen LogP contribution in [0.5, 0.6) is 5.88 Å². The lowest BCUT2D eigenvalue weighted by atomic mass is 10.2. The summed E-state index contributed by atoms with van der Waals surface area (Å²) in [6, 6.07) is 3.49. The first-order valence-electron chi connectivity index (χ1n) is 4.99. The smallest absolute Gasteiger partial charge is 0.245 e. The molecule has 0 atom stereocenters. The standard InChI is InChI=1S/C11H10N4O2/c1-2-16-10-7(6-12)8(13)5-9(15-10)11-14-3-4-17-11/h3-5H,2H2,1H3,(H2,13,15). The molecule has 0 aliphatic carbocycles. The number of hydrogen-bond donors (Lipinski definition) is 1. The Kier molecular flexibility index (Phi) is 2.92. The summed E-state index contributed by atoms with van der Waals surface area (Å²) in [7, 11) is 0. The molecule has 0 spiro atoms. The fourth-order valence-electron chi connectivity index (χ4n) is 1.35. The largest absolute Gasteiger partial charge is 0.477 e. The predicted molar refractivity (Wildman–Crippen MR) is 60.0 cm³/mol. The van der Waals surface area contributed by atoms with Gasteiger partial charge < -0.3 is 14.9 Å². The van der Waals surface area contributed by atoms with E-state index in [0.29, 0.717) is 23.9 Å². The Morgan fingerprint density at radius 2 is 2.41 bits per heavy atom. The number of hydrogen-bond acceptors (Lipinski definition) is 6. The van der Waals surface area contributed by atoms with E-state index in [1.54, 1.807) is 6.92 Å². The predicted octanol–water partition coefficient (Wildman–Crippen LogP) is 1.59. The Balaban J connectivity index is 2.55. The van der Waals surface area contributed by atoms with Crippen molar-refractivity contribution in [1.82, 2.24) is 9.97 Å². The molecule has 2 N–H and O–H groups in total. The number of aromatic nitrogens is 2. The number of nitrogen functional groups attached to an aromatic ring is 1. The van der Waals surface area contributed by atoms with E-state index in [0.717, 1.165) is 0 Å². The number of nitrogens with two attached hydrogens (primary N) is 1. The maximum atomic E-state index is 8.96. The number of oxazole rings is 1. The molecule has 0 saturated carbocycles. The highest BCUT2D eigenvalue weighted by Crippen LogP contribution is 2.27. The lowest BCUT2D eigenvalue weighted by Gasteiger charge is -2.07. The van der Waals surface area contributed by atoms with Crippen molar-refractivity contribution in [3.05, 3.63) is 24.1 Å². The summed E-state index contributed by atoms with van der Waals surface area (Å²) in [5, 5.41) is 8.96. The monoisotopic (exact) mass is 230 g/mol. The van der Waals surface area contributed by atoms with Gasteiger partial charge in [-0.3, -0.25) is 0 Å². The SMILES string of the molecule is CCOc1nc(-c2ncco2)cc(N)c1C#N. The Bertz CT molecular complexity index is 558. The molecule has 6 heteroatoms. The van der Waals surface area contributed by atoms with E-state index in [2.05, 4.69) is 9.97 Å². The van der Waals surface area contributed by atoms with Gasteiger partial charge in [0.2, 0.25) is 11.8 Å². The Morgan fingerprint density at radius 3 is 3.00 bits per heavy atom. The molecule has 0 unspecified atom stereocenters. The molecular weight excluding hydrogens is 220 g/mol. The third-order valence-corrected chi connectivity index (χ3v) is 2.06. The molecule has 2 heterocycles. The highest BCUT2D eigenvalue weighted by molar-refractivity contribution is 5.65. The first kappa shape index (κ1) is 11.0. The van der Waals surface area contributed by atoms with Gasteiger partial charge >= 0.3 is 0 Å². The number of ether oxygens (including phenoxy) is 1. The van der Waals surface area contributed by atoms with Crippen LogP contribution in [0.2, 0.25) is 0 Å². The molecule has 0 aliphatic heterocycles. The number of anilines is 1. The molecule has 0 bridgehead atoms. The molecule has 0 saturated heterocycles. The zero-order valence-electron chi connectivity index (χ0n) is 9.17. The Hall–Kier alpha value is -2.55. The minimum Gasteiger partial charge on any atom is -0.477 e. The molecule has 0 fully saturated rings. The highest BCUT2D eigenvalue weighted by Gasteiger charge is 2.14. The zero-order chi connectivity index (χ0) is 12.3. The third-order valence-electron chi connectivity index (χ3n) is 2.06. The van der Waals surface area contributed by atoms with E-state index in [9.17, 15) is 0 Å². The maximum absolute atomic E-state index is 8.96. The molecule has 0 aromatic carbocycles. The van der Waals surface area contributed by atoms with Crippen LogP contribution in [0.3, 0.4) is 0 Å². The highest BCUT2D eigenvalue weighted by atomic mass is 16.5. The van der Waals surface area contributed by atoms with Crippen molar-refractivity contribution in [3.8, 4) is 23.5 Å². The van der Waals surface area contributed by atoms with Crippen LogP contribution in [0.4, 0.5) is 5.69 Å². The second-order valence-corrected chi connectivity index (χ2v) is 3.16. The average molecular weight is 230 g/mol.